The van der Waals surface area contributed by atoms with Crippen molar-refractivity contribution in [2.24, 2.45) is 0 Å². The summed E-state index contributed by atoms with van der Waals surface area (Å²) in [4.78, 5) is 18.5. The molecule has 0 saturated carbocycles. The minimum absolute atomic E-state index is 0.0850. The van der Waals surface area contributed by atoms with Crippen molar-refractivity contribution in [1.82, 2.24) is 9.88 Å². The summed E-state index contributed by atoms with van der Waals surface area (Å²) >= 11 is 1.89. The normalized spacial score (nSPS) is 15.7. The number of carbonyl (C=O) groups excluding carboxylic acids is 1. The molecule has 2 N–H and O–H groups in total. The Hall–Kier alpha value is -1.23. The fourth-order valence-corrected chi connectivity index (χ4v) is 2.97. The van der Waals surface area contributed by atoms with Gasteiger partial charge in [-0.2, -0.15) is 11.8 Å². The summed E-state index contributed by atoms with van der Waals surface area (Å²) in [6.07, 6.45) is 1.87. The van der Waals surface area contributed by atoms with Gasteiger partial charge in [-0.3, -0.25) is 4.79 Å². The number of nitrogens with zero attached hydrogens (tertiary/aromatic N) is 2. The molecule has 18 heavy (non-hydrogen) atoms. The lowest BCUT2D eigenvalue weighted by Crippen LogP contribution is -2.38. The molecule has 5 heteroatoms. The SMILES string of the molecule is CCCc1cc(C(=O)N2CCSCC2)cc(N)n1. The monoisotopic (exact) mass is 265 g/mol. The van der Waals surface area contributed by atoms with Crippen molar-refractivity contribution < 1.29 is 4.79 Å². The third-order valence-corrected chi connectivity index (χ3v) is 3.89. The second-order valence-electron chi connectivity index (χ2n) is 4.43. The van der Waals surface area contributed by atoms with Crippen molar-refractivity contribution in [1.29, 1.82) is 0 Å². The molecule has 2 heterocycles. The van der Waals surface area contributed by atoms with Crippen LogP contribution in [0.1, 0.15) is 29.4 Å². The maximum absolute atomic E-state index is 12.3. The van der Waals surface area contributed by atoms with E-state index in [1.165, 1.54) is 0 Å². The zero-order valence-corrected chi connectivity index (χ0v) is 11.5. The van der Waals surface area contributed by atoms with Gasteiger partial charge in [-0.15, -0.1) is 0 Å². The predicted molar refractivity (Wildman–Crippen MR) is 75.9 cm³/mol. The Bertz CT molecular complexity index is 430. The highest BCUT2D eigenvalue weighted by Gasteiger charge is 2.19. The molecule has 0 aromatic carbocycles. The number of aryl methyl sites for hydroxylation is 1. The Morgan fingerprint density at radius 2 is 2.17 bits per heavy atom. The quantitative estimate of drug-likeness (QED) is 0.905. The number of amides is 1. The zero-order valence-electron chi connectivity index (χ0n) is 10.7. The van der Waals surface area contributed by atoms with Gasteiger partial charge in [0.25, 0.3) is 5.91 Å². The van der Waals surface area contributed by atoms with E-state index in [0.29, 0.717) is 11.4 Å². The number of nitrogen functional groups attached to an aromatic ring is 1. The lowest BCUT2D eigenvalue weighted by atomic mass is 10.1. The molecule has 98 valence electrons. The van der Waals surface area contributed by atoms with Gasteiger partial charge < -0.3 is 10.6 Å². The minimum Gasteiger partial charge on any atom is -0.384 e. The molecule has 1 aromatic rings. The Morgan fingerprint density at radius 1 is 1.44 bits per heavy atom. The number of pyridine rings is 1. The highest BCUT2D eigenvalue weighted by atomic mass is 32.2. The Labute approximate surface area is 112 Å². The minimum atomic E-state index is 0.0850. The number of carbonyl (C=O) groups is 1. The average Bonchev–Trinajstić information content (AvgIpc) is 2.38. The summed E-state index contributed by atoms with van der Waals surface area (Å²) in [7, 11) is 0. The number of rotatable bonds is 3. The summed E-state index contributed by atoms with van der Waals surface area (Å²) < 4.78 is 0. The Morgan fingerprint density at radius 3 is 2.83 bits per heavy atom. The molecule has 0 radical (unpaired) electrons. The van der Waals surface area contributed by atoms with Gasteiger partial charge in [0, 0.05) is 35.9 Å². The summed E-state index contributed by atoms with van der Waals surface area (Å²) in [5.74, 6) is 2.57. The van der Waals surface area contributed by atoms with Gasteiger partial charge >= 0.3 is 0 Å². The average molecular weight is 265 g/mol. The number of thioether (sulfide) groups is 1. The first-order valence-electron chi connectivity index (χ1n) is 6.34. The number of nitrogens with two attached hydrogens (primary N) is 1. The first-order valence-corrected chi connectivity index (χ1v) is 7.49. The molecule has 0 unspecified atom stereocenters. The van der Waals surface area contributed by atoms with Crippen LogP contribution < -0.4 is 5.73 Å². The van der Waals surface area contributed by atoms with Crippen LogP contribution in [-0.2, 0) is 6.42 Å². The van der Waals surface area contributed by atoms with Gasteiger partial charge in [0.15, 0.2) is 0 Å². The summed E-state index contributed by atoms with van der Waals surface area (Å²) in [5.41, 5.74) is 7.36. The molecule has 4 nitrogen and oxygen atoms in total. The Balaban J connectivity index is 2.18. The molecule has 1 saturated heterocycles. The summed E-state index contributed by atoms with van der Waals surface area (Å²) in [6, 6.07) is 3.56. The molecular formula is C13H19N3OS. The van der Waals surface area contributed by atoms with Crippen LogP contribution >= 0.6 is 11.8 Å². The fraction of sp³-hybridized carbons (Fsp3) is 0.538. The van der Waals surface area contributed by atoms with Crippen LogP contribution in [0.3, 0.4) is 0 Å². The van der Waals surface area contributed by atoms with E-state index in [-0.39, 0.29) is 5.91 Å². The van der Waals surface area contributed by atoms with Crippen LogP contribution in [0.5, 0.6) is 0 Å². The van der Waals surface area contributed by atoms with Gasteiger partial charge in [-0.1, -0.05) is 13.3 Å². The Kier molecular flexibility index (Phi) is 4.47. The molecule has 0 aliphatic carbocycles. The maximum Gasteiger partial charge on any atom is 0.254 e. The second-order valence-corrected chi connectivity index (χ2v) is 5.65. The zero-order chi connectivity index (χ0) is 13.0. The largest absolute Gasteiger partial charge is 0.384 e. The highest BCUT2D eigenvalue weighted by Crippen LogP contribution is 2.15. The van der Waals surface area contributed by atoms with E-state index < -0.39 is 0 Å². The van der Waals surface area contributed by atoms with E-state index >= 15 is 0 Å². The standard InChI is InChI=1S/C13H19N3OS/c1-2-3-11-8-10(9-12(14)15-11)13(17)16-4-6-18-7-5-16/h8-9H,2-7H2,1H3,(H2,14,15). The van der Waals surface area contributed by atoms with Gasteiger partial charge in [0.1, 0.15) is 5.82 Å². The molecule has 0 bridgehead atoms. The van der Waals surface area contributed by atoms with Crippen molar-refractivity contribution in [2.45, 2.75) is 19.8 Å². The van der Waals surface area contributed by atoms with E-state index in [4.69, 9.17) is 5.73 Å². The third-order valence-electron chi connectivity index (χ3n) is 2.95. The number of hydrogen-bond donors (Lipinski definition) is 1. The second kappa shape index (κ2) is 6.09. The first kappa shape index (κ1) is 13.2. The van der Waals surface area contributed by atoms with E-state index in [2.05, 4.69) is 11.9 Å². The van der Waals surface area contributed by atoms with Crippen LogP contribution in [0, 0.1) is 0 Å². The first-order chi connectivity index (χ1) is 8.70. The van der Waals surface area contributed by atoms with Crippen LogP contribution in [0.2, 0.25) is 0 Å². The molecule has 1 aromatic heterocycles. The summed E-state index contributed by atoms with van der Waals surface area (Å²) in [5, 5.41) is 0. The van der Waals surface area contributed by atoms with Gasteiger partial charge in [0.05, 0.1) is 0 Å². The van der Waals surface area contributed by atoms with E-state index in [1.54, 1.807) is 6.07 Å². The third kappa shape index (κ3) is 3.16. The molecule has 1 amide bonds. The number of aromatic nitrogens is 1. The van der Waals surface area contributed by atoms with E-state index in [9.17, 15) is 4.79 Å². The van der Waals surface area contributed by atoms with Crippen molar-refractivity contribution in [3.63, 3.8) is 0 Å². The molecule has 0 atom stereocenters. The van der Waals surface area contributed by atoms with Crippen LogP contribution in [0.25, 0.3) is 0 Å². The smallest absolute Gasteiger partial charge is 0.254 e. The van der Waals surface area contributed by atoms with Crippen LogP contribution in [0.4, 0.5) is 5.82 Å². The van der Waals surface area contributed by atoms with E-state index in [1.807, 2.05) is 22.7 Å². The van der Waals surface area contributed by atoms with Gasteiger partial charge in [-0.05, 0) is 18.6 Å². The van der Waals surface area contributed by atoms with Crippen molar-refractivity contribution >= 4 is 23.5 Å². The predicted octanol–water partition coefficient (Wildman–Crippen LogP) is 1.81. The summed E-state index contributed by atoms with van der Waals surface area (Å²) in [6.45, 7) is 3.75. The van der Waals surface area contributed by atoms with E-state index in [0.717, 1.165) is 43.1 Å². The topological polar surface area (TPSA) is 59.2 Å². The van der Waals surface area contributed by atoms with Gasteiger partial charge in [-0.25, -0.2) is 4.98 Å². The van der Waals surface area contributed by atoms with Crippen molar-refractivity contribution in [3.05, 3.63) is 23.4 Å². The lowest BCUT2D eigenvalue weighted by molar-refractivity contribution is 0.0772. The van der Waals surface area contributed by atoms with Crippen LogP contribution in [0.15, 0.2) is 12.1 Å². The maximum atomic E-state index is 12.3. The molecule has 1 fully saturated rings. The fourth-order valence-electron chi connectivity index (χ4n) is 2.07. The van der Waals surface area contributed by atoms with Crippen molar-refractivity contribution in [2.75, 3.05) is 30.3 Å². The van der Waals surface area contributed by atoms with Crippen molar-refractivity contribution in [3.8, 4) is 0 Å². The van der Waals surface area contributed by atoms with Crippen LogP contribution in [-0.4, -0.2) is 40.4 Å². The highest BCUT2D eigenvalue weighted by molar-refractivity contribution is 7.99. The van der Waals surface area contributed by atoms with Gasteiger partial charge in [0.2, 0.25) is 0 Å². The lowest BCUT2D eigenvalue weighted by Gasteiger charge is -2.26. The molecule has 1 aliphatic rings. The number of anilines is 1. The number of hydrogen-bond acceptors (Lipinski definition) is 4. The molecular weight excluding hydrogens is 246 g/mol. The molecule has 0 spiro atoms. The molecule has 2 rings (SSSR count). The molecule has 1 aliphatic heterocycles.